The van der Waals surface area contributed by atoms with Gasteiger partial charge in [0.05, 0.1) is 28.9 Å². The van der Waals surface area contributed by atoms with Gasteiger partial charge in [-0.25, -0.2) is 4.79 Å². The molecule has 5 nitrogen and oxygen atoms in total. The highest BCUT2D eigenvalue weighted by molar-refractivity contribution is 5.94. The molecule has 0 atom stereocenters. The molecule has 0 bridgehead atoms. The van der Waals surface area contributed by atoms with Gasteiger partial charge in [-0.1, -0.05) is 18.2 Å². The van der Waals surface area contributed by atoms with E-state index in [-0.39, 0.29) is 6.61 Å². The SMILES string of the molecule is N#Cc1cccc(COC(=O)c2ccc3cn[nH]c3c2)c1. The van der Waals surface area contributed by atoms with Crippen molar-refractivity contribution < 1.29 is 9.53 Å². The third kappa shape index (κ3) is 2.74. The number of ether oxygens (including phenoxy) is 1. The van der Waals surface area contributed by atoms with Gasteiger partial charge in [0, 0.05) is 5.39 Å². The van der Waals surface area contributed by atoms with E-state index >= 15 is 0 Å². The average Bonchev–Trinajstić information content (AvgIpc) is 3.00. The Labute approximate surface area is 120 Å². The molecule has 102 valence electrons. The first kappa shape index (κ1) is 12.9. The monoisotopic (exact) mass is 277 g/mol. The van der Waals surface area contributed by atoms with E-state index in [0.29, 0.717) is 11.1 Å². The fourth-order valence-electron chi connectivity index (χ4n) is 2.03. The third-order valence-electron chi connectivity index (χ3n) is 3.10. The highest BCUT2D eigenvalue weighted by Crippen LogP contribution is 2.14. The van der Waals surface area contributed by atoms with Gasteiger partial charge >= 0.3 is 5.97 Å². The Morgan fingerprint density at radius 3 is 3.05 bits per heavy atom. The number of aromatic nitrogens is 2. The van der Waals surface area contributed by atoms with E-state index in [1.165, 1.54) is 0 Å². The van der Waals surface area contributed by atoms with Crippen molar-refractivity contribution in [1.82, 2.24) is 10.2 Å². The molecule has 1 heterocycles. The summed E-state index contributed by atoms with van der Waals surface area (Å²) in [6.45, 7) is 0.134. The van der Waals surface area contributed by atoms with Gasteiger partial charge in [0.1, 0.15) is 6.61 Å². The Bertz CT molecular complexity index is 846. The lowest BCUT2D eigenvalue weighted by Gasteiger charge is -2.05. The number of carbonyl (C=O) groups excluding carboxylic acids is 1. The quantitative estimate of drug-likeness (QED) is 0.746. The molecule has 0 radical (unpaired) electrons. The lowest BCUT2D eigenvalue weighted by Crippen LogP contribution is -2.05. The van der Waals surface area contributed by atoms with Crippen molar-refractivity contribution in [2.24, 2.45) is 0 Å². The summed E-state index contributed by atoms with van der Waals surface area (Å²) in [5, 5.41) is 16.5. The van der Waals surface area contributed by atoms with Gasteiger partial charge in [0.25, 0.3) is 0 Å². The topological polar surface area (TPSA) is 78.8 Å². The van der Waals surface area contributed by atoms with Crippen molar-refractivity contribution in [1.29, 1.82) is 5.26 Å². The first-order chi connectivity index (χ1) is 10.3. The van der Waals surface area contributed by atoms with Crippen LogP contribution in [-0.2, 0) is 11.3 Å². The van der Waals surface area contributed by atoms with Crippen LogP contribution in [0.25, 0.3) is 10.9 Å². The summed E-state index contributed by atoms with van der Waals surface area (Å²) in [5.41, 5.74) is 2.58. The van der Waals surface area contributed by atoms with Crippen molar-refractivity contribution in [2.45, 2.75) is 6.61 Å². The molecule has 3 aromatic rings. The summed E-state index contributed by atoms with van der Waals surface area (Å²) in [5.74, 6) is -0.408. The zero-order valence-corrected chi connectivity index (χ0v) is 11.0. The number of nitrogens with one attached hydrogen (secondary N) is 1. The second kappa shape index (κ2) is 5.47. The molecule has 21 heavy (non-hydrogen) atoms. The van der Waals surface area contributed by atoms with Crippen LogP contribution in [0.4, 0.5) is 0 Å². The molecule has 0 amide bonds. The molecule has 0 saturated heterocycles. The van der Waals surface area contributed by atoms with Crippen molar-refractivity contribution in [3.8, 4) is 6.07 Å². The maximum Gasteiger partial charge on any atom is 0.338 e. The van der Waals surface area contributed by atoms with Crippen molar-refractivity contribution in [3.63, 3.8) is 0 Å². The van der Waals surface area contributed by atoms with E-state index < -0.39 is 5.97 Å². The fourth-order valence-corrected chi connectivity index (χ4v) is 2.03. The molecule has 1 N–H and O–H groups in total. The van der Waals surface area contributed by atoms with Crippen LogP contribution in [-0.4, -0.2) is 16.2 Å². The summed E-state index contributed by atoms with van der Waals surface area (Å²) in [6, 6.07) is 14.2. The third-order valence-corrected chi connectivity index (χ3v) is 3.10. The minimum absolute atomic E-state index is 0.134. The second-order valence-electron chi connectivity index (χ2n) is 4.56. The van der Waals surface area contributed by atoms with Gasteiger partial charge in [0.2, 0.25) is 0 Å². The Hall–Kier alpha value is -3.13. The molecule has 0 aliphatic carbocycles. The normalized spacial score (nSPS) is 10.2. The number of esters is 1. The molecule has 0 spiro atoms. The summed E-state index contributed by atoms with van der Waals surface area (Å²) in [7, 11) is 0. The van der Waals surface area contributed by atoms with E-state index in [1.54, 1.807) is 36.5 Å². The smallest absolute Gasteiger partial charge is 0.338 e. The van der Waals surface area contributed by atoms with Gasteiger partial charge in [-0.2, -0.15) is 10.4 Å². The maximum atomic E-state index is 12.0. The molecule has 1 aromatic heterocycles. The number of aromatic amines is 1. The number of nitrogens with zero attached hydrogens (tertiary/aromatic N) is 2. The Balaban J connectivity index is 1.72. The molecular formula is C16H11N3O2. The largest absolute Gasteiger partial charge is 0.457 e. The Morgan fingerprint density at radius 2 is 2.19 bits per heavy atom. The van der Waals surface area contributed by atoms with Crippen LogP contribution in [0.5, 0.6) is 0 Å². The first-order valence-corrected chi connectivity index (χ1v) is 6.35. The fraction of sp³-hybridized carbons (Fsp3) is 0.0625. The first-order valence-electron chi connectivity index (χ1n) is 6.35. The number of H-pyrrole nitrogens is 1. The number of hydrogen-bond acceptors (Lipinski definition) is 4. The van der Waals surface area contributed by atoms with Gasteiger partial charge < -0.3 is 4.74 Å². The predicted molar refractivity (Wildman–Crippen MR) is 76.4 cm³/mol. The molecule has 0 aliphatic rings. The van der Waals surface area contributed by atoms with Crippen LogP contribution in [0.15, 0.2) is 48.7 Å². The van der Waals surface area contributed by atoms with Gasteiger partial charge in [0.15, 0.2) is 0 Å². The summed E-state index contributed by atoms with van der Waals surface area (Å²) < 4.78 is 5.26. The maximum absolute atomic E-state index is 12.0. The predicted octanol–water partition coefficient (Wildman–Crippen LogP) is 2.79. The van der Waals surface area contributed by atoms with Crippen LogP contribution in [0.1, 0.15) is 21.5 Å². The average molecular weight is 277 g/mol. The van der Waals surface area contributed by atoms with E-state index in [9.17, 15) is 4.79 Å². The molecule has 5 heteroatoms. The summed E-state index contributed by atoms with van der Waals surface area (Å²) in [6.07, 6.45) is 1.69. The van der Waals surface area contributed by atoms with E-state index in [0.717, 1.165) is 16.5 Å². The minimum atomic E-state index is -0.408. The molecule has 2 aromatic carbocycles. The standard InChI is InChI=1S/C16H11N3O2/c17-8-11-2-1-3-12(6-11)10-21-16(20)13-4-5-14-9-18-19-15(14)7-13/h1-7,9H,10H2,(H,18,19). The molecule has 0 saturated carbocycles. The van der Waals surface area contributed by atoms with Crippen molar-refractivity contribution in [2.75, 3.05) is 0 Å². The molecule has 0 fully saturated rings. The lowest BCUT2D eigenvalue weighted by atomic mass is 10.1. The number of carbonyl (C=O) groups is 1. The highest BCUT2D eigenvalue weighted by Gasteiger charge is 2.09. The van der Waals surface area contributed by atoms with E-state index in [4.69, 9.17) is 10.00 Å². The van der Waals surface area contributed by atoms with Crippen molar-refractivity contribution >= 4 is 16.9 Å². The van der Waals surface area contributed by atoms with Crippen LogP contribution in [0.3, 0.4) is 0 Å². The number of benzene rings is 2. The minimum Gasteiger partial charge on any atom is -0.457 e. The summed E-state index contributed by atoms with van der Waals surface area (Å²) >= 11 is 0. The zero-order chi connectivity index (χ0) is 14.7. The number of fused-ring (bicyclic) bond motifs is 1. The molecule has 0 unspecified atom stereocenters. The Kier molecular flexibility index (Phi) is 3.36. The molecule has 0 aliphatic heterocycles. The van der Waals surface area contributed by atoms with Crippen LogP contribution in [0, 0.1) is 11.3 Å². The van der Waals surface area contributed by atoms with Gasteiger partial charge in [-0.15, -0.1) is 0 Å². The van der Waals surface area contributed by atoms with Gasteiger partial charge in [-0.05, 0) is 29.8 Å². The second-order valence-corrected chi connectivity index (χ2v) is 4.56. The molecular weight excluding hydrogens is 266 g/mol. The number of rotatable bonds is 3. The van der Waals surface area contributed by atoms with Crippen molar-refractivity contribution in [3.05, 3.63) is 65.4 Å². The number of nitriles is 1. The van der Waals surface area contributed by atoms with E-state index in [2.05, 4.69) is 16.3 Å². The lowest BCUT2D eigenvalue weighted by molar-refractivity contribution is 0.0473. The van der Waals surface area contributed by atoms with Crippen LogP contribution in [0.2, 0.25) is 0 Å². The molecule has 3 rings (SSSR count). The highest BCUT2D eigenvalue weighted by atomic mass is 16.5. The number of hydrogen-bond donors (Lipinski definition) is 1. The summed E-state index contributed by atoms with van der Waals surface area (Å²) in [4.78, 5) is 12.0. The van der Waals surface area contributed by atoms with E-state index in [1.807, 2.05) is 12.1 Å². The Morgan fingerprint density at radius 1 is 1.29 bits per heavy atom. The van der Waals surface area contributed by atoms with Crippen LogP contribution < -0.4 is 0 Å². The van der Waals surface area contributed by atoms with Crippen LogP contribution >= 0.6 is 0 Å². The zero-order valence-electron chi connectivity index (χ0n) is 11.0. The van der Waals surface area contributed by atoms with Gasteiger partial charge in [-0.3, -0.25) is 5.10 Å².